The van der Waals surface area contributed by atoms with E-state index in [2.05, 4.69) is 15.1 Å². The van der Waals surface area contributed by atoms with Crippen LogP contribution in [-0.2, 0) is 10.1 Å². The molecule has 0 unspecified atom stereocenters. The van der Waals surface area contributed by atoms with E-state index in [0.29, 0.717) is 5.69 Å². The van der Waals surface area contributed by atoms with Crippen LogP contribution < -0.4 is 4.90 Å². The summed E-state index contributed by atoms with van der Waals surface area (Å²) in [4.78, 5) is 2.18. The summed E-state index contributed by atoms with van der Waals surface area (Å²) < 4.78 is 30.8. The molecule has 0 aliphatic carbocycles. The molecule has 6 nitrogen and oxygen atoms in total. The first-order valence-corrected chi connectivity index (χ1v) is 8.81. The number of anilines is 1. The fraction of sp³-hybridized carbons (Fsp3) is 0.250. The Morgan fingerprint density at radius 3 is 1.78 bits per heavy atom. The van der Waals surface area contributed by atoms with Gasteiger partial charge in [0, 0.05) is 18.8 Å². The van der Waals surface area contributed by atoms with Crippen molar-refractivity contribution in [1.29, 1.82) is 0 Å². The van der Waals surface area contributed by atoms with Gasteiger partial charge in [-0.2, -0.15) is 18.6 Å². The lowest BCUT2D eigenvalue weighted by Gasteiger charge is -2.17. The number of benzene rings is 2. The monoisotopic (exact) mass is 331 g/mol. The van der Waals surface area contributed by atoms with Crippen LogP contribution in [-0.4, -0.2) is 26.1 Å². The standard InChI is InChI=1S/C16H17N3O3S/c20-23(21,22)16-9-5-14(6-10-16)18-17-13-3-7-15(8-4-13)19-11-1-2-12-19/h3-10H,1-2,11-12H2,(H,20,21,22). The molecule has 0 spiro atoms. The summed E-state index contributed by atoms with van der Waals surface area (Å²) in [6, 6.07) is 13.4. The second-order valence-corrected chi connectivity index (χ2v) is 6.80. The van der Waals surface area contributed by atoms with E-state index in [-0.39, 0.29) is 4.90 Å². The van der Waals surface area contributed by atoms with E-state index in [1.807, 2.05) is 24.3 Å². The van der Waals surface area contributed by atoms with Crippen LogP contribution in [0.5, 0.6) is 0 Å². The summed E-state index contributed by atoms with van der Waals surface area (Å²) in [5.74, 6) is 0. The normalized spacial score (nSPS) is 15.4. The Kier molecular flexibility index (Phi) is 4.40. The van der Waals surface area contributed by atoms with Crippen LogP contribution in [0.3, 0.4) is 0 Å². The topological polar surface area (TPSA) is 82.3 Å². The fourth-order valence-corrected chi connectivity index (χ4v) is 2.99. The molecule has 1 saturated heterocycles. The number of hydrogen-bond acceptors (Lipinski definition) is 5. The first kappa shape index (κ1) is 15.6. The van der Waals surface area contributed by atoms with Crippen LogP contribution in [0, 0.1) is 0 Å². The van der Waals surface area contributed by atoms with E-state index in [4.69, 9.17) is 4.55 Å². The lowest BCUT2D eigenvalue weighted by Crippen LogP contribution is -2.17. The highest BCUT2D eigenvalue weighted by Crippen LogP contribution is 2.25. The third-order valence-corrected chi connectivity index (χ3v) is 4.60. The van der Waals surface area contributed by atoms with Gasteiger partial charge in [0.2, 0.25) is 0 Å². The Bertz CT molecular complexity index is 793. The maximum atomic E-state index is 11.0. The molecule has 7 heteroatoms. The molecule has 2 aromatic carbocycles. The molecule has 0 atom stereocenters. The van der Waals surface area contributed by atoms with Gasteiger partial charge in [-0.15, -0.1) is 0 Å². The average Bonchev–Trinajstić information content (AvgIpc) is 3.07. The third kappa shape index (κ3) is 3.94. The van der Waals surface area contributed by atoms with Crippen LogP contribution in [0.15, 0.2) is 63.7 Å². The largest absolute Gasteiger partial charge is 0.372 e. The van der Waals surface area contributed by atoms with Crippen LogP contribution in [0.2, 0.25) is 0 Å². The van der Waals surface area contributed by atoms with E-state index in [1.165, 1.54) is 42.8 Å². The van der Waals surface area contributed by atoms with Gasteiger partial charge in [-0.3, -0.25) is 4.55 Å². The molecule has 1 heterocycles. The number of rotatable bonds is 4. The molecule has 3 rings (SSSR count). The molecule has 23 heavy (non-hydrogen) atoms. The van der Waals surface area contributed by atoms with Gasteiger partial charge < -0.3 is 4.90 Å². The summed E-state index contributed by atoms with van der Waals surface area (Å²) in [6.45, 7) is 2.20. The van der Waals surface area contributed by atoms with E-state index >= 15 is 0 Å². The van der Waals surface area contributed by atoms with Gasteiger partial charge in [-0.05, 0) is 61.4 Å². The molecule has 0 radical (unpaired) electrons. The quantitative estimate of drug-likeness (QED) is 0.679. The maximum absolute atomic E-state index is 11.0. The minimum Gasteiger partial charge on any atom is -0.372 e. The Hall–Kier alpha value is -2.25. The minimum absolute atomic E-state index is 0.161. The molecule has 0 aromatic heterocycles. The molecule has 120 valence electrons. The van der Waals surface area contributed by atoms with Crippen molar-refractivity contribution in [2.24, 2.45) is 10.2 Å². The molecular formula is C16H17N3O3S. The summed E-state index contributed by atoms with van der Waals surface area (Å²) >= 11 is 0. The zero-order chi connectivity index (χ0) is 16.3. The van der Waals surface area contributed by atoms with Crippen molar-refractivity contribution in [2.45, 2.75) is 17.7 Å². The van der Waals surface area contributed by atoms with Crippen LogP contribution in [0.1, 0.15) is 12.8 Å². The van der Waals surface area contributed by atoms with E-state index < -0.39 is 10.1 Å². The second kappa shape index (κ2) is 6.47. The van der Waals surface area contributed by atoms with Gasteiger partial charge in [-0.1, -0.05) is 0 Å². The predicted molar refractivity (Wildman–Crippen MR) is 88.3 cm³/mol. The third-order valence-electron chi connectivity index (χ3n) is 3.74. The number of azo groups is 1. The van der Waals surface area contributed by atoms with Crippen molar-refractivity contribution in [3.8, 4) is 0 Å². The highest BCUT2D eigenvalue weighted by atomic mass is 32.2. The van der Waals surface area contributed by atoms with Crippen molar-refractivity contribution in [1.82, 2.24) is 0 Å². The van der Waals surface area contributed by atoms with Gasteiger partial charge in [0.25, 0.3) is 10.1 Å². The van der Waals surface area contributed by atoms with Gasteiger partial charge in [0.05, 0.1) is 16.3 Å². The highest BCUT2D eigenvalue weighted by Gasteiger charge is 2.11. The Morgan fingerprint density at radius 1 is 0.826 bits per heavy atom. The van der Waals surface area contributed by atoms with E-state index in [0.717, 1.165) is 18.8 Å². The van der Waals surface area contributed by atoms with Gasteiger partial charge >= 0.3 is 0 Å². The molecule has 2 aromatic rings. The zero-order valence-electron chi connectivity index (χ0n) is 12.5. The maximum Gasteiger partial charge on any atom is 0.294 e. The van der Waals surface area contributed by atoms with Gasteiger partial charge in [0.1, 0.15) is 0 Å². The molecule has 1 fully saturated rings. The summed E-state index contributed by atoms with van der Waals surface area (Å²) in [6.07, 6.45) is 2.47. The molecular weight excluding hydrogens is 314 g/mol. The van der Waals surface area contributed by atoms with Gasteiger partial charge in [0.15, 0.2) is 0 Å². The van der Waals surface area contributed by atoms with Crippen molar-refractivity contribution in [3.05, 3.63) is 48.5 Å². The Labute approximate surface area is 135 Å². The highest BCUT2D eigenvalue weighted by molar-refractivity contribution is 7.85. The van der Waals surface area contributed by atoms with Crippen molar-refractivity contribution in [3.63, 3.8) is 0 Å². The SMILES string of the molecule is O=S(=O)(O)c1ccc(N=Nc2ccc(N3CCCC3)cc2)cc1. The first-order chi connectivity index (χ1) is 11.0. The lowest BCUT2D eigenvalue weighted by atomic mass is 10.2. The van der Waals surface area contributed by atoms with Crippen molar-refractivity contribution >= 4 is 27.2 Å². The van der Waals surface area contributed by atoms with Crippen LogP contribution >= 0.6 is 0 Å². The zero-order valence-corrected chi connectivity index (χ0v) is 13.3. The lowest BCUT2D eigenvalue weighted by molar-refractivity contribution is 0.483. The molecule has 0 saturated carbocycles. The molecule has 0 amide bonds. The first-order valence-electron chi connectivity index (χ1n) is 7.37. The number of nitrogens with zero attached hydrogens (tertiary/aromatic N) is 3. The Balaban J connectivity index is 1.70. The van der Waals surface area contributed by atoms with Crippen molar-refractivity contribution in [2.75, 3.05) is 18.0 Å². The van der Waals surface area contributed by atoms with E-state index in [1.54, 1.807) is 0 Å². The molecule has 1 aliphatic heterocycles. The van der Waals surface area contributed by atoms with Crippen LogP contribution in [0.25, 0.3) is 0 Å². The Morgan fingerprint density at radius 2 is 1.30 bits per heavy atom. The van der Waals surface area contributed by atoms with Crippen LogP contribution in [0.4, 0.5) is 17.1 Å². The number of hydrogen-bond donors (Lipinski definition) is 1. The molecule has 1 N–H and O–H groups in total. The fourth-order valence-electron chi connectivity index (χ4n) is 2.51. The predicted octanol–water partition coefficient (Wildman–Crippen LogP) is 3.95. The summed E-state index contributed by atoms with van der Waals surface area (Å²) in [7, 11) is -4.18. The smallest absolute Gasteiger partial charge is 0.294 e. The second-order valence-electron chi connectivity index (χ2n) is 5.38. The molecule has 0 bridgehead atoms. The van der Waals surface area contributed by atoms with E-state index in [9.17, 15) is 8.42 Å². The summed E-state index contributed by atoms with van der Waals surface area (Å²) in [5, 5.41) is 8.19. The van der Waals surface area contributed by atoms with Gasteiger partial charge in [-0.25, -0.2) is 0 Å². The summed E-state index contributed by atoms with van der Waals surface area (Å²) in [5.41, 5.74) is 2.44. The average molecular weight is 331 g/mol. The van der Waals surface area contributed by atoms with Crippen molar-refractivity contribution < 1.29 is 13.0 Å². The molecule has 1 aliphatic rings. The minimum atomic E-state index is -4.18.